The summed E-state index contributed by atoms with van der Waals surface area (Å²) in [5.74, 6) is 1.66. The lowest BCUT2D eigenvalue weighted by Gasteiger charge is -2.26. The third-order valence-electron chi connectivity index (χ3n) is 3.46. The molecule has 0 bridgehead atoms. The smallest absolute Gasteiger partial charge is 0.00966 e. The van der Waals surface area contributed by atoms with E-state index in [0.717, 1.165) is 11.8 Å². The first-order valence-corrected chi connectivity index (χ1v) is 7.23. The van der Waals surface area contributed by atoms with Gasteiger partial charge in [-0.3, -0.25) is 0 Å². The summed E-state index contributed by atoms with van der Waals surface area (Å²) in [6, 6.07) is 4.50. The Morgan fingerprint density at radius 2 is 2.19 bits per heavy atom. The Morgan fingerprint density at radius 1 is 1.38 bits per heavy atom. The maximum absolute atomic E-state index is 3.66. The highest BCUT2D eigenvalue weighted by Gasteiger charge is 2.29. The molecule has 1 fully saturated rings. The van der Waals surface area contributed by atoms with Gasteiger partial charge >= 0.3 is 0 Å². The summed E-state index contributed by atoms with van der Waals surface area (Å²) in [4.78, 5) is 1.60. The number of hydrogen-bond donors (Lipinski definition) is 1. The van der Waals surface area contributed by atoms with Crippen LogP contribution < -0.4 is 5.32 Å². The van der Waals surface area contributed by atoms with Crippen molar-refractivity contribution in [1.82, 2.24) is 5.32 Å². The molecule has 1 heterocycles. The van der Waals surface area contributed by atoms with Gasteiger partial charge in [0.25, 0.3) is 0 Å². The van der Waals surface area contributed by atoms with Gasteiger partial charge in [-0.05, 0) is 63.4 Å². The topological polar surface area (TPSA) is 12.0 Å². The van der Waals surface area contributed by atoms with E-state index in [1.807, 2.05) is 11.3 Å². The molecule has 0 amide bonds. The lowest BCUT2D eigenvalue weighted by molar-refractivity contribution is 0.358. The summed E-state index contributed by atoms with van der Waals surface area (Å²) in [5, 5.41) is 5.87. The van der Waals surface area contributed by atoms with Crippen LogP contribution in [0.25, 0.3) is 0 Å². The van der Waals surface area contributed by atoms with Crippen molar-refractivity contribution in [3.05, 3.63) is 22.4 Å². The maximum Gasteiger partial charge on any atom is 0.00966 e. The van der Waals surface area contributed by atoms with Gasteiger partial charge in [-0.25, -0.2) is 0 Å². The van der Waals surface area contributed by atoms with Crippen molar-refractivity contribution < 1.29 is 0 Å². The van der Waals surface area contributed by atoms with E-state index in [1.54, 1.807) is 4.88 Å². The standard InChI is InChI=1S/C14H23NS/c1-14(2,3)15-10-11-6-4-7-12(11)13-8-5-9-16-13/h5,8-9,11-12,15H,4,6-7,10H2,1-3H3. The molecular formula is C14H23NS. The fourth-order valence-corrected chi connectivity index (χ4v) is 3.55. The summed E-state index contributed by atoms with van der Waals surface area (Å²) in [6.07, 6.45) is 4.18. The molecule has 0 spiro atoms. The third-order valence-corrected chi connectivity index (χ3v) is 4.47. The highest BCUT2D eigenvalue weighted by atomic mass is 32.1. The van der Waals surface area contributed by atoms with Crippen molar-refractivity contribution in [2.45, 2.75) is 51.5 Å². The van der Waals surface area contributed by atoms with Crippen LogP contribution in [0, 0.1) is 5.92 Å². The van der Waals surface area contributed by atoms with Crippen LogP contribution in [0.1, 0.15) is 50.8 Å². The van der Waals surface area contributed by atoms with Gasteiger partial charge in [-0.15, -0.1) is 11.3 Å². The van der Waals surface area contributed by atoms with Gasteiger partial charge in [0, 0.05) is 10.4 Å². The molecule has 16 heavy (non-hydrogen) atoms. The minimum absolute atomic E-state index is 0.253. The zero-order chi connectivity index (χ0) is 11.6. The van der Waals surface area contributed by atoms with Gasteiger partial charge in [0.05, 0.1) is 0 Å². The molecule has 1 aromatic heterocycles. The number of nitrogens with one attached hydrogen (secondary N) is 1. The normalized spacial score (nSPS) is 26.2. The van der Waals surface area contributed by atoms with Crippen molar-refractivity contribution >= 4 is 11.3 Å². The monoisotopic (exact) mass is 237 g/mol. The molecule has 1 nitrogen and oxygen atoms in total. The molecule has 2 unspecified atom stereocenters. The van der Waals surface area contributed by atoms with E-state index in [9.17, 15) is 0 Å². The Kier molecular flexibility index (Phi) is 3.70. The van der Waals surface area contributed by atoms with E-state index >= 15 is 0 Å². The largest absolute Gasteiger partial charge is 0.312 e. The molecule has 0 radical (unpaired) electrons. The molecule has 1 aromatic rings. The van der Waals surface area contributed by atoms with Crippen LogP contribution in [0.15, 0.2) is 17.5 Å². The minimum Gasteiger partial charge on any atom is -0.312 e. The number of thiophene rings is 1. The molecule has 1 saturated carbocycles. The first kappa shape index (κ1) is 12.1. The SMILES string of the molecule is CC(C)(C)NCC1CCCC1c1cccs1. The summed E-state index contributed by atoms with van der Waals surface area (Å²) in [6.45, 7) is 7.93. The van der Waals surface area contributed by atoms with E-state index in [4.69, 9.17) is 0 Å². The van der Waals surface area contributed by atoms with E-state index in [-0.39, 0.29) is 5.54 Å². The van der Waals surface area contributed by atoms with Gasteiger partial charge in [0.1, 0.15) is 0 Å². The van der Waals surface area contributed by atoms with Crippen LogP contribution in [0.4, 0.5) is 0 Å². The molecule has 1 aliphatic rings. The summed E-state index contributed by atoms with van der Waals surface area (Å²) < 4.78 is 0. The lowest BCUT2D eigenvalue weighted by Crippen LogP contribution is -2.39. The van der Waals surface area contributed by atoms with Gasteiger partial charge in [0.15, 0.2) is 0 Å². The van der Waals surface area contributed by atoms with Gasteiger partial charge in [-0.1, -0.05) is 12.5 Å². The molecular weight excluding hydrogens is 214 g/mol. The highest BCUT2D eigenvalue weighted by Crippen LogP contribution is 2.41. The van der Waals surface area contributed by atoms with Gasteiger partial charge in [0.2, 0.25) is 0 Å². The van der Waals surface area contributed by atoms with Crippen LogP contribution in [0.5, 0.6) is 0 Å². The first-order valence-electron chi connectivity index (χ1n) is 6.35. The van der Waals surface area contributed by atoms with Crippen LogP contribution in [-0.2, 0) is 0 Å². The second kappa shape index (κ2) is 4.89. The Hall–Kier alpha value is -0.340. The maximum atomic E-state index is 3.66. The quantitative estimate of drug-likeness (QED) is 0.837. The van der Waals surface area contributed by atoms with Crippen molar-refractivity contribution in [3.63, 3.8) is 0 Å². The first-order chi connectivity index (χ1) is 7.56. The lowest BCUT2D eigenvalue weighted by atomic mass is 9.93. The fraction of sp³-hybridized carbons (Fsp3) is 0.714. The second-order valence-corrected chi connectivity index (χ2v) is 6.92. The van der Waals surface area contributed by atoms with Crippen LogP contribution in [0.3, 0.4) is 0 Å². The molecule has 0 aliphatic heterocycles. The molecule has 2 rings (SSSR count). The van der Waals surface area contributed by atoms with Crippen molar-refractivity contribution in [3.8, 4) is 0 Å². The van der Waals surface area contributed by atoms with E-state index in [0.29, 0.717) is 0 Å². The number of hydrogen-bond acceptors (Lipinski definition) is 2. The Labute approximate surface area is 103 Å². The van der Waals surface area contributed by atoms with Crippen LogP contribution in [0.2, 0.25) is 0 Å². The minimum atomic E-state index is 0.253. The predicted molar refractivity (Wildman–Crippen MR) is 72.2 cm³/mol. The fourth-order valence-electron chi connectivity index (χ4n) is 2.60. The van der Waals surface area contributed by atoms with Crippen LogP contribution in [-0.4, -0.2) is 12.1 Å². The Balaban J connectivity index is 1.94. The highest BCUT2D eigenvalue weighted by molar-refractivity contribution is 7.10. The van der Waals surface area contributed by atoms with Crippen molar-refractivity contribution in [2.24, 2.45) is 5.92 Å². The molecule has 2 heteroatoms. The van der Waals surface area contributed by atoms with Crippen LogP contribution >= 0.6 is 11.3 Å². The van der Waals surface area contributed by atoms with E-state index < -0.39 is 0 Å². The molecule has 90 valence electrons. The Bertz CT molecular complexity index is 310. The predicted octanol–water partition coefficient (Wildman–Crippen LogP) is 4.02. The molecule has 0 aromatic carbocycles. The van der Waals surface area contributed by atoms with Crippen molar-refractivity contribution in [1.29, 1.82) is 0 Å². The molecule has 0 saturated heterocycles. The summed E-state index contributed by atoms with van der Waals surface area (Å²) >= 11 is 1.93. The molecule has 2 atom stereocenters. The summed E-state index contributed by atoms with van der Waals surface area (Å²) in [7, 11) is 0. The van der Waals surface area contributed by atoms with Gasteiger partial charge in [-0.2, -0.15) is 0 Å². The second-order valence-electron chi connectivity index (χ2n) is 5.94. The Morgan fingerprint density at radius 3 is 2.81 bits per heavy atom. The van der Waals surface area contributed by atoms with Crippen molar-refractivity contribution in [2.75, 3.05) is 6.54 Å². The van der Waals surface area contributed by atoms with E-state index in [2.05, 4.69) is 43.6 Å². The molecule has 1 aliphatic carbocycles. The third kappa shape index (κ3) is 3.08. The van der Waals surface area contributed by atoms with E-state index in [1.165, 1.54) is 25.8 Å². The zero-order valence-corrected chi connectivity index (χ0v) is 11.4. The summed E-state index contributed by atoms with van der Waals surface area (Å²) in [5.41, 5.74) is 0.253. The molecule has 1 N–H and O–H groups in total. The van der Waals surface area contributed by atoms with Gasteiger partial charge < -0.3 is 5.32 Å². The zero-order valence-electron chi connectivity index (χ0n) is 10.6. The average molecular weight is 237 g/mol. The average Bonchev–Trinajstić information content (AvgIpc) is 2.84. The number of rotatable bonds is 3.